The zero-order valence-electron chi connectivity index (χ0n) is 12.4. The van der Waals surface area contributed by atoms with Gasteiger partial charge in [0.2, 0.25) is 0 Å². The summed E-state index contributed by atoms with van der Waals surface area (Å²) in [6, 6.07) is 16.9. The lowest BCUT2D eigenvalue weighted by atomic mass is 10.0. The lowest BCUT2D eigenvalue weighted by Gasteiger charge is -2.30. The van der Waals surface area contributed by atoms with Crippen LogP contribution in [0.15, 0.2) is 71.0 Å². The van der Waals surface area contributed by atoms with E-state index in [1.165, 1.54) is 16.7 Å². The molecule has 0 radical (unpaired) electrons. The third-order valence-electron chi connectivity index (χ3n) is 3.88. The molecular formula is C18H19NO2S. The summed E-state index contributed by atoms with van der Waals surface area (Å²) in [4.78, 5) is 2.57. The van der Waals surface area contributed by atoms with Crippen LogP contribution in [0.4, 0.5) is 5.69 Å². The molecule has 1 heterocycles. The Balaban J connectivity index is 1.74. The van der Waals surface area contributed by atoms with Crippen molar-refractivity contribution in [1.29, 1.82) is 0 Å². The molecule has 0 unspecified atom stereocenters. The van der Waals surface area contributed by atoms with E-state index >= 15 is 0 Å². The largest absolute Gasteiger partial charge is 0.368 e. The molecule has 0 saturated carbocycles. The van der Waals surface area contributed by atoms with Crippen molar-refractivity contribution < 1.29 is 8.42 Å². The van der Waals surface area contributed by atoms with E-state index in [-0.39, 0.29) is 0 Å². The maximum absolute atomic E-state index is 12.2. The van der Waals surface area contributed by atoms with Crippen LogP contribution in [0.1, 0.15) is 12.0 Å². The summed E-state index contributed by atoms with van der Waals surface area (Å²) in [5.41, 5.74) is 2.56. The van der Waals surface area contributed by atoms with Crippen LogP contribution in [0.2, 0.25) is 0 Å². The molecule has 0 aliphatic carbocycles. The van der Waals surface area contributed by atoms with Crippen LogP contribution < -0.4 is 4.90 Å². The number of sulfone groups is 1. The number of rotatable bonds is 4. The molecule has 4 heteroatoms. The fourth-order valence-corrected chi connectivity index (χ4v) is 3.82. The quantitative estimate of drug-likeness (QED) is 0.868. The van der Waals surface area contributed by atoms with Crippen molar-refractivity contribution in [2.45, 2.75) is 17.7 Å². The highest BCUT2D eigenvalue weighted by Crippen LogP contribution is 2.26. The molecular weight excluding hydrogens is 294 g/mol. The molecule has 1 aliphatic heterocycles. The lowest BCUT2D eigenvalue weighted by Crippen LogP contribution is -2.29. The Hall–Kier alpha value is -2.07. The van der Waals surface area contributed by atoms with Gasteiger partial charge >= 0.3 is 0 Å². The molecule has 1 aliphatic rings. The van der Waals surface area contributed by atoms with Gasteiger partial charge in [-0.3, -0.25) is 0 Å². The van der Waals surface area contributed by atoms with Crippen LogP contribution in [-0.2, 0) is 16.3 Å². The first kappa shape index (κ1) is 14.9. The predicted molar refractivity (Wildman–Crippen MR) is 89.7 cm³/mol. The minimum absolute atomic E-state index is 0.338. The van der Waals surface area contributed by atoms with E-state index in [4.69, 9.17) is 0 Å². The number of nitrogens with zero attached hydrogens (tertiary/aromatic N) is 1. The zero-order valence-corrected chi connectivity index (χ0v) is 13.2. The Morgan fingerprint density at radius 1 is 1.00 bits per heavy atom. The number of aryl methyl sites for hydroxylation is 1. The first-order valence-corrected chi connectivity index (χ1v) is 9.01. The van der Waals surface area contributed by atoms with Crippen molar-refractivity contribution in [2.24, 2.45) is 0 Å². The Kier molecular flexibility index (Phi) is 4.29. The van der Waals surface area contributed by atoms with Crippen LogP contribution in [0, 0.1) is 0 Å². The minimum Gasteiger partial charge on any atom is -0.368 e. The Bertz CT molecular complexity index is 767. The molecule has 0 saturated heterocycles. The van der Waals surface area contributed by atoms with Crippen molar-refractivity contribution in [1.82, 2.24) is 0 Å². The Morgan fingerprint density at radius 3 is 2.55 bits per heavy atom. The van der Waals surface area contributed by atoms with E-state index in [0.29, 0.717) is 11.4 Å². The lowest BCUT2D eigenvalue weighted by molar-refractivity contribution is 0.604. The summed E-state index contributed by atoms with van der Waals surface area (Å²) in [6.45, 7) is 1.58. The molecule has 0 spiro atoms. The highest BCUT2D eigenvalue weighted by molar-refractivity contribution is 7.94. The summed E-state index contributed by atoms with van der Waals surface area (Å²) < 4.78 is 24.4. The average molecular weight is 313 g/mol. The summed E-state index contributed by atoms with van der Waals surface area (Å²) in [7, 11) is -3.35. The SMILES string of the molecule is O=S(=O)(/C=C/CN1CCCc2ccccc21)c1ccccc1. The van der Waals surface area contributed by atoms with E-state index in [9.17, 15) is 8.42 Å². The van der Waals surface area contributed by atoms with Gasteiger partial charge in [0.05, 0.1) is 4.90 Å². The van der Waals surface area contributed by atoms with Gasteiger partial charge in [0.25, 0.3) is 0 Å². The van der Waals surface area contributed by atoms with E-state index in [0.717, 1.165) is 19.4 Å². The Morgan fingerprint density at radius 2 is 1.73 bits per heavy atom. The summed E-state index contributed by atoms with van der Waals surface area (Å²) in [5.74, 6) is 0. The molecule has 0 fully saturated rings. The molecule has 0 bridgehead atoms. The molecule has 2 aromatic carbocycles. The molecule has 3 rings (SSSR count). The standard InChI is InChI=1S/C18H19NO2S/c20-22(21,17-10-2-1-3-11-17)15-7-14-19-13-6-9-16-8-4-5-12-18(16)19/h1-5,7-8,10-12,15H,6,9,13-14H2/b15-7+. The van der Waals surface area contributed by atoms with Crippen molar-refractivity contribution in [3.05, 3.63) is 71.6 Å². The second kappa shape index (κ2) is 6.36. The number of para-hydroxylation sites is 1. The molecule has 22 heavy (non-hydrogen) atoms. The van der Waals surface area contributed by atoms with E-state index in [1.807, 2.05) is 12.1 Å². The first-order chi connectivity index (χ1) is 10.7. The van der Waals surface area contributed by atoms with E-state index in [1.54, 1.807) is 30.3 Å². The third kappa shape index (κ3) is 3.22. The fourth-order valence-electron chi connectivity index (χ4n) is 2.79. The van der Waals surface area contributed by atoms with Gasteiger partial charge in [0, 0.05) is 24.2 Å². The second-order valence-electron chi connectivity index (χ2n) is 5.41. The number of hydrogen-bond donors (Lipinski definition) is 0. The smallest absolute Gasteiger partial charge is 0.199 e. The van der Waals surface area contributed by atoms with Gasteiger partial charge in [-0.2, -0.15) is 0 Å². The number of benzene rings is 2. The molecule has 0 N–H and O–H groups in total. The van der Waals surface area contributed by atoms with E-state index in [2.05, 4.69) is 23.1 Å². The maximum atomic E-state index is 12.2. The van der Waals surface area contributed by atoms with Crippen LogP contribution in [0.3, 0.4) is 0 Å². The summed E-state index contributed by atoms with van der Waals surface area (Å²) in [6.07, 6.45) is 3.94. The highest BCUT2D eigenvalue weighted by atomic mass is 32.2. The van der Waals surface area contributed by atoms with Gasteiger partial charge < -0.3 is 4.90 Å². The molecule has 0 aromatic heterocycles. The van der Waals surface area contributed by atoms with Gasteiger partial charge in [0.15, 0.2) is 9.84 Å². The second-order valence-corrected chi connectivity index (χ2v) is 7.24. The highest BCUT2D eigenvalue weighted by Gasteiger charge is 2.15. The van der Waals surface area contributed by atoms with Gasteiger partial charge in [0.1, 0.15) is 0 Å². The number of fused-ring (bicyclic) bond motifs is 1. The number of anilines is 1. The van der Waals surface area contributed by atoms with Gasteiger partial charge in [-0.1, -0.05) is 42.5 Å². The fraction of sp³-hybridized carbons (Fsp3) is 0.222. The van der Waals surface area contributed by atoms with Crippen LogP contribution >= 0.6 is 0 Å². The normalized spacial score (nSPS) is 15.0. The molecule has 114 valence electrons. The van der Waals surface area contributed by atoms with Crippen LogP contribution in [0.5, 0.6) is 0 Å². The zero-order chi connectivity index (χ0) is 15.4. The van der Waals surface area contributed by atoms with Crippen molar-refractivity contribution in [2.75, 3.05) is 18.0 Å². The van der Waals surface area contributed by atoms with E-state index < -0.39 is 9.84 Å². The molecule has 2 aromatic rings. The minimum atomic E-state index is -3.35. The predicted octanol–water partition coefficient (Wildman–Crippen LogP) is 3.43. The number of hydrogen-bond acceptors (Lipinski definition) is 3. The topological polar surface area (TPSA) is 37.4 Å². The van der Waals surface area contributed by atoms with Gasteiger partial charge in [-0.05, 0) is 36.6 Å². The van der Waals surface area contributed by atoms with Crippen molar-refractivity contribution in [3.8, 4) is 0 Å². The summed E-state index contributed by atoms with van der Waals surface area (Å²) >= 11 is 0. The van der Waals surface area contributed by atoms with Gasteiger partial charge in [-0.25, -0.2) is 8.42 Å². The van der Waals surface area contributed by atoms with Crippen LogP contribution in [0.25, 0.3) is 0 Å². The van der Waals surface area contributed by atoms with Crippen LogP contribution in [-0.4, -0.2) is 21.5 Å². The molecule has 3 nitrogen and oxygen atoms in total. The first-order valence-electron chi connectivity index (χ1n) is 7.46. The third-order valence-corrected chi connectivity index (χ3v) is 5.36. The molecule has 0 atom stereocenters. The monoisotopic (exact) mass is 313 g/mol. The van der Waals surface area contributed by atoms with Crippen molar-refractivity contribution >= 4 is 15.5 Å². The van der Waals surface area contributed by atoms with Crippen molar-refractivity contribution in [3.63, 3.8) is 0 Å². The average Bonchev–Trinajstić information content (AvgIpc) is 2.56. The summed E-state index contributed by atoms with van der Waals surface area (Å²) in [5, 5.41) is 1.32. The maximum Gasteiger partial charge on any atom is 0.199 e. The van der Waals surface area contributed by atoms with Gasteiger partial charge in [-0.15, -0.1) is 0 Å². The molecule has 0 amide bonds. The Labute approximate surface area is 131 Å².